The summed E-state index contributed by atoms with van der Waals surface area (Å²) in [5.41, 5.74) is -0.0711. The van der Waals surface area contributed by atoms with E-state index < -0.39 is 15.9 Å². The summed E-state index contributed by atoms with van der Waals surface area (Å²) in [6.45, 7) is 1.42. The van der Waals surface area contributed by atoms with Gasteiger partial charge >= 0.3 is 5.91 Å². The van der Waals surface area contributed by atoms with Gasteiger partial charge < -0.3 is 0 Å². The molecule has 11 heteroatoms. The zero-order valence-electron chi connectivity index (χ0n) is 10.5. The molecular weight excluding hydrogens is 286 g/mol. The fourth-order valence-electron chi connectivity index (χ4n) is 1.57. The van der Waals surface area contributed by atoms with E-state index in [2.05, 4.69) is 15.2 Å². The van der Waals surface area contributed by atoms with Crippen LogP contribution >= 0.6 is 0 Å². The van der Waals surface area contributed by atoms with Gasteiger partial charge in [-0.15, -0.1) is 0 Å². The maximum Gasteiger partial charge on any atom is 0.327 e. The number of carbonyl (C=O) groups excluding carboxylic acids is 1. The van der Waals surface area contributed by atoms with Crippen LogP contribution in [0.15, 0.2) is 34.5 Å². The number of nitro benzene ring substituents is 1. The third-order valence-electron chi connectivity index (χ3n) is 2.49. The number of anilines is 1. The van der Waals surface area contributed by atoms with Gasteiger partial charge in [0.2, 0.25) is 0 Å². The number of oxime groups is 1. The first-order valence-electron chi connectivity index (χ1n) is 5.44. The van der Waals surface area contributed by atoms with Crippen molar-refractivity contribution in [1.82, 2.24) is 0 Å². The first kappa shape index (κ1) is 14.0. The van der Waals surface area contributed by atoms with Crippen LogP contribution in [0.2, 0.25) is 0 Å². The van der Waals surface area contributed by atoms with E-state index in [-0.39, 0.29) is 22.8 Å². The molecular formula is C10H7N5O6. The number of hydrogen-bond donors (Lipinski definition) is 0. The van der Waals surface area contributed by atoms with Crippen molar-refractivity contribution in [3.05, 3.63) is 44.5 Å². The topological polar surface area (TPSA) is 141 Å². The molecule has 0 aromatic heterocycles. The number of rotatable bonds is 4. The summed E-state index contributed by atoms with van der Waals surface area (Å²) in [6, 6.07) is 5.06. The third-order valence-corrected chi connectivity index (χ3v) is 2.49. The Morgan fingerprint density at radius 2 is 1.86 bits per heavy atom. The molecule has 0 saturated heterocycles. The predicted octanol–water partition coefficient (Wildman–Crippen LogP) is 0.882. The van der Waals surface area contributed by atoms with E-state index in [1.807, 2.05) is 0 Å². The van der Waals surface area contributed by atoms with Gasteiger partial charge in [-0.05, 0) is 19.1 Å². The average molecular weight is 293 g/mol. The van der Waals surface area contributed by atoms with Crippen LogP contribution in [0.5, 0.6) is 0 Å². The first-order chi connectivity index (χ1) is 9.90. The molecule has 0 bridgehead atoms. The van der Waals surface area contributed by atoms with Crippen LogP contribution in [-0.2, 0) is 9.73 Å². The number of non-ortho nitro benzene ring substituents is 1. The number of nitro groups is 1. The predicted molar refractivity (Wildman–Crippen MR) is 69.2 cm³/mol. The third kappa shape index (κ3) is 2.80. The Kier molecular flexibility index (Phi) is 3.56. The Morgan fingerprint density at radius 1 is 1.24 bits per heavy atom. The van der Waals surface area contributed by atoms with Crippen LogP contribution in [0.1, 0.15) is 6.92 Å². The molecule has 2 rings (SSSR count). The van der Waals surface area contributed by atoms with Crippen LogP contribution in [0.25, 0.3) is 0 Å². The van der Waals surface area contributed by atoms with E-state index in [0.29, 0.717) is 0 Å². The molecule has 21 heavy (non-hydrogen) atoms. The molecule has 1 aliphatic rings. The lowest BCUT2D eigenvalue weighted by atomic mass is 10.2. The van der Waals surface area contributed by atoms with Gasteiger partial charge in [-0.2, -0.15) is 15.0 Å². The summed E-state index contributed by atoms with van der Waals surface area (Å²) in [6.07, 6.45) is 0. The SMILES string of the molecule is CC1=NN(c2ccc([N+](=O)[O-])cc2)C(=O)/C1=N\O[N+](=O)[O-]. The number of hydrogen-bond acceptors (Lipinski definition) is 8. The van der Waals surface area contributed by atoms with Crippen molar-refractivity contribution in [1.29, 1.82) is 0 Å². The summed E-state index contributed by atoms with van der Waals surface area (Å²) in [7, 11) is 0. The second-order valence-electron chi connectivity index (χ2n) is 3.82. The Hall–Kier alpha value is -3.37. The number of benzene rings is 1. The minimum atomic E-state index is -1.16. The molecule has 0 fully saturated rings. The fourth-order valence-corrected chi connectivity index (χ4v) is 1.57. The lowest BCUT2D eigenvalue weighted by Crippen LogP contribution is -2.27. The zero-order valence-corrected chi connectivity index (χ0v) is 10.5. The molecule has 0 spiro atoms. The summed E-state index contributed by atoms with van der Waals surface area (Å²) in [4.78, 5) is 35.8. The summed E-state index contributed by atoms with van der Waals surface area (Å²) in [5.74, 6) is -0.733. The molecule has 0 atom stereocenters. The van der Waals surface area contributed by atoms with Gasteiger partial charge in [0, 0.05) is 12.1 Å². The van der Waals surface area contributed by atoms with Gasteiger partial charge in [-0.1, -0.05) is 0 Å². The van der Waals surface area contributed by atoms with Crippen molar-refractivity contribution in [3.63, 3.8) is 0 Å². The minimum absolute atomic E-state index is 0.125. The normalized spacial score (nSPS) is 16.0. The Balaban J connectivity index is 2.26. The Morgan fingerprint density at radius 3 is 2.38 bits per heavy atom. The van der Waals surface area contributed by atoms with Gasteiger partial charge in [0.05, 0.1) is 15.8 Å². The highest BCUT2D eigenvalue weighted by molar-refractivity contribution is 6.71. The van der Waals surface area contributed by atoms with E-state index in [4.69, 9.17) is 0 Å². The van der Waals surface area contributed by atoms with Gasteiger partial charge in [0.25, 0.3) is 11.4 Å². The zero-order chi connectivity index (χ0) is 15.6. The van der Waals surface area contributed by atoms with Crippen LogP contribution in [-0.4, -0.2) is 27.3 Å². The average Bonchev–Trinajstić information content (AvgIpc) is 2.72. The highest BCUT2D eigenvalue weighted by atomic mass is 17.0. The maximum atomic E-state index is 12.0. The summed E-state index contributed by atoms with van der Waals surface area (Å²) >= 11 is 0. The van der Waals surface area contributed by atoms with Crippen molar-refractivity contribution in [2.45, 2.75) is 6.92 Å². The molecule has 11 nitrogen and oxygen atoms in total. The van der Waals surface area contributed by atoms with Crippen LogP contribution in [0.4, 0.5) is 11.4 Å². The molecule has 1 amide bonds. The highest BCUT2D eigenvalue weighted by Gasteiger charge is 2.35. The number of hydrazone groups is 1. The Labute approximate surface area is 116 Å². The number of nitrogens with zero attached hydrogens (tertiary/aromatic N) is 5. The van der Waals surface area contributed by atoms with E-state index in [0.717, 1.165) is 5.01 Å². The number of carbonyl (C=O) groups is 1. The summed E-state index contributed by atoms with van der Waals surface area (Å²) in [5, 5.41) is 27.3. The second kappa shape index (κ2) is 5.32. The lowest BCUT2D eigenvalue weighted by Gasteiger charge is -2.09. The molecule has 0 saturated carbocycles. The van der Waals surface area contributed by atoms with Crippen molar-refractivity contribution < 1.29 is 19.7 Å². The van der Waals surface area contributed by atoms with Crippen molar-refractivity contribution in [2.24, 2.45) is 10.3 Å². The van der Waals surface area contributed by atoms with Crippen LogP contribution in [0, 0.1) is 20.2 Å². The first-order valence-corrected chi connectivity index (χ1v) is 5.44. The molecule has 1 heterocycles. The monoisotopic (exact) mass is 293 g/mol. The van der Waals surface area contributed by atoms with Gasteiger partial charge in [-0.25, -0.2) is 10.1 Å². The van der Waals surface area contributed by atoms with Crippen molar-refractivity contribution in [3.8, 4) is 0 Å². The van der Waals surface area contributed by atoms with Gasteiger partial charge in [0.1, 0.15) is 5.71 Å². The lowest BCUT2D eigenvalue weighted by molar-refractivity contribution is -0.760. The standard InChI is InChI=1S/C10H7N5O6/c1-6-9(12-21-15(19)20)10(16)13(11-6)7-2-4-8(5-3-7)14(17)18/h2-5H,1H3/b12-9-. The molecule has 1 aromatic carbocycles. The van der Waals surface area contributed by atoms with Crippen molar-refractivity contribution >= 4 is 28.7 Å². The fraction of sp³-hybridized carbons (Fsp3) is 0.100. The summed E-state index contributed by atoms with van der Waals surface area (Å²) < 4.78 is 0. The molecule has 0 radical (unpaired) electrons. The second-order valence-corrected chi connectivity index (χ2v) is 3.82. The van der Waals surface area contributed by atoms with Gasteiger partial charge in [0.15, 0.2) is 5.09 Å². The molecule has 0 N–H and O–H groups in total. The maximum absolute atomic E-state index is 12.0. The van der Waals surface area contributed by atoms with Crippen molar-refractivity contribution in [2.75, 3.05) is 5.01 Å². The quantitative estimate of drug-likeness (QED) is 0.596. The van der Waals surface area contributed by atoms with Crippen LogP contribution < -0.4 is 5.01 Å². The van der Waals surface area contributed by atoms with Gasteiger partial charge in [-0.3, -0.25) is 14.9 Å². The molecule has 1 aromatic rings. The van der Waals surface area contributed by atoms with E-state index in [9.17, 15) is 25.0 Å². The molecule has 1 aliphatic heterocycles. The molecule has 0 aliphatic carbocycles. The van der Waals surface area contributed by atoms with E-state index in [1.54, 1.807) is 0 Å². The Bertz CT molecular complexity index is 680. The number of amides is 1. The van der Waals surface area contributed by atoms with E-state index in [1.165, 1.54) is 31.2 Å². The van der Waals surface area contributed by atoms with E-state index >= 15 is 0 Å². The highest BCUT2D eigenvalue weighted by Crippen LogP contribution is 2.22. The molecule has 0 unspecified atom stereocenters. The van der Waals surface area contributed by atoms with Crippen LogP contribution in [0.3, 0.4) is 0 Å². The molecule has 108 valence electrons. The smallest absolute Gasteiger partial charge is 0.262 e. The minimum Gasteiger partial charge on any atom is -0.262 e. The largest absolute Gasteiger partial charge is 0.327 e.